The molecule has 1 heterocycles. The maximum Gasteiger partial charge on any atom is 0.416 e. The number of anilines is 1. The lowest BCUT2D eigenvalue weighted by molar-refractivity contribution is -0.137. The van der Waals surface area contributed by atoms with Gasteiger partial charge in [0, 0.05) is 6.20 Å². The molecule has 0 aliphatic carbocycles. The summed E-state index contributed by atoms with van der Waals surface area (Å²) in [6, 6.07) is 3.68. The minimum atomic E-state index is -4.62. The minimum absolute atomic E-state index is 0.203. The van der Waals surface area contributed by atoms with Crippen molar-refractivity contribution in [3.05, 3.63) is 41.7 Å². The molecule has 0 radical (unpaired) electrons. The van der Waals surface area contributed by atoms with Gasteiger partial charge in [0.2, 0.25) is 0 Å². The van der Waals surface area contributed by atoms with Gasteiger partial charge in [0.05, 0.1) is 23.0 Å². The van der Waals surface area contributed by atoms with Gasteiger partial charge in [-0.05, 0) is 18.2 Å². The number of hydrogen-bond acceptors (Lipinski definition) is 4. The van der Waals surface area contributed by atoms with Crippen LogP contribution in [0.4, 0.5) is 18.9 Å². The first-order valence-electron chi connectivity index (χ1n) is 5.37. The Bertz CT molecular complexity index is 792. The predicted molar refractivity (Wildman–Crippen MR) is 65.6 cm³/mol. The number of hydrogen-bond donors (Lipinski definition) is 2. The molecular formula is C11H7F3N4O2S. The molecule has 6 nitrogen and oxygen atoms in total. The molecule has 2 N–H and O–H groups in total. The summed E-state index contributed by atoms with van der Waals surface area (Å²) in [4.78, 5) is -0.203. The highest BCUT2D eigenvalue weighted by Gasteiger charge is 2.31. The summed E-state index contributed by atoms with van der Waals surface area (Å²) >= 11 is 0. The third kappa shape index (κ3) is 3.14. The summed E-state index contributed by atoms with van der Waals surface area (Å²) in [5.41, 5.74) is -1.71. The van der Waals surface area contributed by atoms with Crippen molar-refractivity contribution in [2.45, 2.75) is 11.1 Å². The van der Waals surface area contributed by atoms with E-state index >= 15 is 0 Å². The highest BCUT2D eigenvalue weighted by atomic mass is 32.2. The lowest BCUT2D eigenvalue weighted by atomic mass is 10.1. The van der Waals surface area contributed by atoms with Gasteiger partial charge in [-0.3, -0.25) is 9.82 Å². The number of benzene rings is 1. The molecule has 0 amide bonds. The lowest BCUT2D eigenvalue weighted by Gasteiger charge is -2.11. The zero-order valence-corrected chi connectivity index (χ0v) is 11.0. The van der Waals surface area contributed by atoms with Crippen LogP contribution in [0.5, 0.6) is 0 Å². The number of aromatic nitrogens is 2. The second-order valence-electron chi connectivity index (χ2n) is 3.91. The van der Waals surface area contributed by atoms with E-state index in [2.05, 4.69) is 10.2 Å². The van der Waals surface area contributed by atoms with E-state index in [0.717, 1.165) is 18.5 Å². The molecule has 2 aromatic rings. The molecule has 10 heteroatoms. The number of nitriles is 1. The van der Waals surface area contributed by atoms with E-state index in [1.165, 1.54) is 6.07 Å². The van der Waals surface area contributed by atoms with E-state index in [-0.39, 0.29) is 10.6 Å². The molecule has 0 aliphatic rings. The van der Waals surface area contributed by atoms with Gasteiger partial charge in [-0.15, -0.1) is 0 Å². The Morgan fingerprint density at radius 2 is 2.05 bits per heavy atom. The number of H-pyrrole nitrogens is 1. The summed E-state index contributed by atoms with van der Waals surface area (Å²) in [6.07, 6.45) is -2.50. The highest BCUT2D eigenvalue weighted by Crippen LogP contribution is 2.32. The van der Waals surface area contributed by atoms with Crippen LogP contribution in [0.25, 0.3) is 0 Å². The molecule has 1 aromatic heterocycles. The van der Waals surface area contributed by atoms with E-state index in [9.17, 15) is 21.6 Å². The van der Waals surface area contributed by atoms with Gasteiger partial charge < -0.3 is 0 Å². The maximum atomic E-state index is 12.5. The number of halogens is 3. The third-order valence-corrected chi connectivity index (χ3v) is 3.83. The van der Waals surface area contributed by atoms with Gasteiger partial charge in [-0.1, -0.05) is 0 Å². The van der Waals surface area contributed by atoms with Crippen LogP contribution in [0.1, 0.15) is 11.1 Å². The lowest BCUT2D eigenvalue weighted by Crippen LogP contribution is -2.14. The van der Waals surface area contributed by atoms with Crippen molar-refractivity contribution in [1.82, 2.24) is 10.2 Å². The van der Waals surface area contributed by atoms with E-state index < -0.39 is 27.3 Å². The van der Waals surface area contributed by atoms with Crippen molar-refractivity contribution in [2.24, 2.45) is 0 Å². The topological polar surface area (TPSA) is 98.6 Å². The number of aromatic amines is 1. The van der Waals surface area contributed by atoms with Crippen molar-refractivity contribution in [3.63, 3.8) is 0 Å². The van der Waals surface area contributed by atoms with Crippen molar-refractivity contribution in [1.29, 1.82) is 5.26 Å². The quantitative estimate of drug-likeness (QED) is 0.906. The number of alkyl halides is 3. The molecule has 21 heavy (non-hydrogen) atoms. The first-order valence-corrected chi connectivity index (χ1v) is 6.85. The monoisotopic (exact) mass is 316 g/mol. The molecule has 0 saturated heterocycles. The summed E-state index contributed by atoms with van der Waals surface area (Å²) in [5, 5.41) is 14.6. The summed E-state index contributed by atoms with van der Waals surface area (Å²) in [6.45, 7) is 0. The highest BCUT2D eigenvalue weighted by molar-refractivity contribution is 7.92. The van der Waals surface area contributed by atoms with E-state index in [1.54, 1.807) is 0 Å². The number of nitrogens with zero attached hydrogens (tertiary/aromatic N) is 2. The van der Waals surface area contributed by atoms with Crippen molar-refractivity contribution >= 4 is 15.7 Å². The van der Waals surface area contributed by atoms with E-state index in [0.29, 0.717) is 12.1 Å². The molecule has 0 saturated carbocycles. The van der Waals surface area contributed by atoms with Crippen LogP contribution in [0, 0.1) is 11.3 Å². The van der Waals surface area contributed by atoms with Gasteiger partial charge in [0.15, 0.2) is 0 Å². The smallest absolute Gasteiger partial charge is 0.284 e. The standard InChI is InChI=1S/C11H7F3N4O2S/c12-11(13,14)8-1-2-10(7(3-8)4-15)18-21(19,20)9-5-16-17-6-9/h1-3,5-6,18H,(H,16,17). The predicted octanol–water partition coefficient (Wildman–Crippen LogP) is 2.10. The van der Waals surface area contributed by atoms with Crippen LogP contribution < -0.4 is 4.72 Å². The summed E-state index contributed by atoms with van der Waals surface area (Å²) < 4.78 is 63.5. The van der Waals surface area contributed by atoms with Crippen LogP contribution in [-0.2, 0) is 16.2 Å². The molecular weight excluding hydrogens is 309 g/mol. The first kappa shape index (κ1) is 14.9. The van der Waals surface area contributed by atoms with E-state index in [1.807, 2.05) is 4.72 Å². The van der Waals surface area contributed by atoms with Crippen molar-refractivity contribution in [3.8, 4) is 6.07 Å². The Labute approximate surface area is 117 Å². The third-order valence-electron chi connectivity index (χ3n) is 2.50. The minimum Gasteiger partial charge on any atom is -0.284 e. The fourth-order valence-electron chi connectivity index (χ4n) is 1.49. The SMILES string of the molecule is N#Cc1cc(C(F)(F)F)ccc1NS(=O)(=O)c1cn[nH]c1. The fraction of sp³-hybridized carbons (Fsp3) is 0.0909. The van der Waals surface area contributed by atoms with Crippen LogP contribution in [-0.4, -0.2) is 18.6 Å². The normalized spacial score (nSPS) is 11.9. The molecule has 0 unspecified atom stereocenters. The van der Waals surface area contributed by atoms with Crippen LogP contribution in [0.2, 0.25) is 0 Å². The molecule has 110 valence electrons. The van der Waals surface area contributed by atoms with Crippen molar-refractivity contribution < 1.29 is 21.6 Å². The zero-order chi connectivity index (χ0) is 15.7. The van der Waals surface area contributed by atoms with Gasteiger partial charge in [0.1, 0.15) is 11.0 Å². The first-order chi connectivity index (χ1) is 9.74. The average molecular weight is 316 g/mol. The van der Waals surface area contributed by atoms with Crippen molar-refractivity contribution in [2.75, 3.05) is 4.72 Å². The Morgan fingerprint density at radius 1 is 1.33 bits per heavy atom. The number of rotatable bonds is 3. The molecule has 0 atom stereocenters. The van der Waals surface area contributed by atoms with E-state index in [4.69, 9.17) is 5.26 Å². The fourth-order valence-corrected chi connectivity index (χ4v) is 2.48. The Kier molecular flexibility index (Phi) is 3.61. The molecule has 1 aromatic carbocycles. The van der Waals surface area contributed by atoms with Gasteiger partial charge in [-0.2, -0.15) is 23.5 Å². The Balaban J connectivity index is 2.40. The molecule has 0 spiro atoms. The molecule has 0 aliphatic heterocycles. The Hall–Kier alpha value is -2.54. The second kappa shape index (κ2) is 5.10. The van der Waals surface area contributed by atoms with Gasteiger partial charge >= 0.3 is 6.18 Å². The largest absolute Gasteiger partial charge is 0.416 e. The number of nitrogens with one attached hydrogen (secondary N) is 2. The average Bonchev–Trinajstić information content (AvgIpc) is 2.92. The number of sulfonamides is 1. The summed E-state index contributed by atoms with van der Waals surface area (Å²) in [5.74, 6) is 0. The second-order valence-corrected chi connectivity index (χ2v) is 5.59. The Morgan fingerprint density at radius 3 is 2.57 bits per heavy atom. The molecule has 0 fully saturated rings. The zero-order valence-electron chi connectivity index (χ0n) is 10.1. The van der Waals surface area contributed by atoms with Crippen LogP contribution in [0.15, 0.2) is 35.5 Å². The molecule has 2 rings (SSSR count). The van der Waals surface area contributed by atoms with Crippen LogP contribution in [0.3, 0.4) is 0 Å². The maximum absolute atomic E-state index is 12.5. The molecule has 0 bridgehead atoms. The van der Waals surface area contributed by atoms with Gasteiger partial charge in [-0.25, -0.2) is 8.42 Å². The summed E-state index contributed by atoms with van der Waals surface area (Å²) in [7, 11) is -4.03. The van der Waals surface area contributed by atoms with Crippen LogP contribution >= 0.6 is 0 Å². The van der Waals surface area contributed by atoms with Gasteiger partial charge in [0.25, 0.3) is 10.0 Å².